The highest BCUT2D eigenvalue weighted by molar-refractivity contribution is 6.06. The first kappa shape index (κ1) is 12.9. The Morgan fingerprint density at radius 1 is 1.10 bits per heavy atom. The number of aromatic nitrogens is 1. The van der Waals surface area contributed by atoms with Crippen molar-refractivity contribution in [1.82, 2.24) is 4.98 Å². The number of hydrogen-bond donors (Lipinski definition) is 3. The molecule has 0 saturated carbocycles. The number of fused-ring (bicyclic) bond motifs is 1. The van der Waals surface area contributed by atoms with Crippen molar-refractivity contribution in [3.05, 3.63) is 60.3 Å². The molecule has 0 radical (unpaired) electrons. The van der Waals surface area contributed by atoms with Crippen molar-refractivity contribution in [2.45, 2.75) is 0 Å². The summed E-state index contributed by atoms with van der Waals surface area (Å²) in [6.45, 7) is 0. The lowest BCUT2D eigenvalue weighted by atomic mass is 10.1. The molecule has 0 fully saturated rings. The second-order valence-corrected chi connectivity index (χ2v) is 4.62. The third-order valence-electron chi connectivity index (χ3n) is 3.08. The van der Waals surface area contributed by atoms with E-state index < -0.39 is 0 Å². The van der Waals surface area contributed by atoms with Crippen LogP contribution in [0, 0.1) is 0 Å². The van der Waals surface area contributed by atoms with Gasteiger partial charge in [0.1, 0.15) is 11.4 Å². The molecule has 0 aliphatic heterocycles. The molecule has 0 atom stereocenters. The lowest BCUT2D eigenvalue weighted by Gasteiger charge is -2.07. The predicted octanol–water partition coefficient (Wildman–Crippen LogP) is 2.77. The first-order valence-electron chi connectivity index (χ1n) is 6.39. The number of amides is 1. The Bertz CT molecular complexity index is 831. The molecule has 3 rings (SSSR count). The number of nitrogens with two attached hydrogens (primary N) is 1. The Morgan fingerprint density at radius 3 is 2.71 bits per heavy atom. The second-order valence-electron chi connectivity index (χ2n) is 4.62. The molecule has 0 bridgehead atoms. The molecular formula is C16H13N3O2. The van der Waals surface area contributed by atoms with Crippen molar-refractivity contribution < 1.29 is 9.90 Å². The van der Waals surface area contributed by atoms with Crippen LogP contribution in [0.15, 0.2) is 54.6 Å². The van der Waals surface area contributed by atoms with Gasteiger partial charge in [-0.15, -0.1) is 0 Å². The van der Waals surface area contributed by atoms with Crippen LogP contribution in [0.2, 0.25) is 0 Å². The minimum atomic E-state index is -0.377. The molecule has 21 heavy (non-hydrogen) atoms. The first-order chi connectivity index (χ1) is 10.1. The number of pyridine rings is 1. The number of benzene rings is 2. The van der Waals surface area contributed by atoms with Gasteiger partial charge in [-0.25, -0.2) is 4.98 Å². The number of para-hydroxylation sites is 1. The number of nitrogens with zero attached hydrogens (tertiary/aromatic N) is 1. The van der Waals surface area contributed by atoms with E-state index in [1.807, 2.05) is 18.2 Å². The van der Waals surface area contributed by atoms with E-state index in [9.17, 15) is 9.90 Å². The Morgan fingerprint density at radius 2 is 1.90 bits per heavy atom. The zero-order valence-electron chi connectivity index (χ0n) is 11.1. The molecule has 0 spiro atoms. The Balaban J connectivity index is 1.94. The largest absolute Gasteiger partial charge is 0.508 e. The van der Waals surface area contributed by atoms with E-state index >= 15 is 0 Å². The van der Waals surface area contributed by atoms with Gasteiger partial charge in [-0.1, -0.05) is 24.3 Å². The fourth-order valence-corrected chi connectivity index (χ4v) is 2.10. The summed E-state index contributed by atoms with van der Waals surface area (Å²) in [5, 5.41) is 12.9. The number of anilines is 2. The average molecular weight is 279 g/mol. The van der Waals surface area contributed by atoms with Gasteiger partial charge in [-0.2, -0.15) is 0 Å². The quantitative estimate of drug-likeness (QED) is 0.673. The topological polar surface area (TPSA) is 88.2 Å². The van der Waals surface area contributed by atoms with Crippen LogP contribution in [-0.2, 0) is 0 Å². The fourth-order valence-electron chi connectivity index (χ4n) is 2.10. The van der Waals surface area contributed by atoms with E-state index in [1.54, 1.807) is 24.3 Å². The molecule has 5 heteroatoms. The van der Waals surface area contributed by atoms with Gasteiger partial charge < -0.3 is 16.2 Å². The number of aromatic hydroxyl groups is 1. The maximum absolute atomic E-state index is 12.2. The van der Waals surface area contributed by atoms with Crippen molar-refractivity contribution in [2.75, 3.05) is 11.1 Å². The smallest absolute Gasteiger partial charge is 0.274 e. The molecular weight excluding hydrogens is 266 g/mol. The number of nitrogens with one attached hydrogen (secondary N) is 1. The van der Waals surface area contributed by atoms with Gasteiger partial charge >= 0.3 is 0 Å². The molecule has 0 aliphatic rings. The molecule has 0 unspecified atom stereocenters. The fraction of sp³-hybridized carbons (Fsp3) is 0. The van der Waals surface area contributed by atoms with Gasteiger partial charge in [0.05, 0.1) is 5.52 Å². The van der Waals surface area contributed by atoms with Crippen molar-refractivity contribution >= 4 is 28.2 Å². The molecule has 0 aliphatic carbocycles. The second kappa shape index (κ2) is 5.13. The zero-order valence-corrected chi connectivity index (χ0v) is 11.1. The summed E-state index contributed by atoms with van der Waals surface area (Å²) in [5.41, 5.74) is 7.84. The minimum absolute atomic E-state index is 0.0822. The number of rotatable bonds is 2. The third-order valence-corrected chi connectivity index (χ3v) is 3.08. The Hall–Kier alpha value is -3.08. The summed E-state index contributed by atoms with van der Waals surface area (Å²) in [6.07, 6.45) is 0. The van der Waals surface area contributed by atoms with Gasteiger partial charge in [0, 0.05) is 22.8 Å². The van der Waals surface area contributed by atoms with Crippen molar-refractivity contribution in [3.63, 3.8) is 0 Å². The summed E-state index contributed by atoms with van der Waals surface area (Å²) in [4.78, 5) is 16.5. The monoisotopic (exact) mass is 279 g/mol. The van der Waals surface area contributed by atoms with Crippen molar-refractivity contribution in [1.29, 1.82) is 0 Å². The van der Waals surface area contributed by atoms with Gasteiger partial charge in [-0.05, 0) is 24.3 Å². The average Bonchev–Trinajstić information content (AvgIpc) is 2.47. The zero-order chi connectivity index (χ0) is 14.8. The Labute approximate surface area is 121 Å². The molecule has 1 amide bonds. The summed E-state index contributed by atoms with van der Waals surface area (Å²) >= 11 is 0. The van der Waals surface area contributed by atoms with Gasteiger partial charge in [-0.3, -0.25) is 4.79 Å². The van der Waals surface area contributed by atoms with Crippen LogP contribution in [0.3, 0.4) is 0 Å². The number of hydrogen-bond acceptors (Lipinski definition) is 4. The lowest BCUT2D eigenvalue weighted by molar-refractivity contribution is 0.102. The summed E-state index contributed by atoms with van der Waals surface area (Å²) in [6, 6.07) is 15.2. The first-order valence-corrected chi connectivity index (χ1v) is 6.39. The van der Waals surface area contributed by atoms with E-state index in [4.69, 9.17) is 5.73 Å². The molecule has 104 valence electrons. The standard InChI is InChI=1S/C16H13N3O2/c17-13-9-15(19-14-7-2-1-6-12(13)14)16(21)18-10-4-3-5-11(20)8-10/h1-9,20H,(H2,17,19)(H,18,21). The highest BCUT2D eigenvalue weighted by Crippen LogP contribution is 2.21. The maximum atomic E-state index is 12.2. The van der Waals surface area contributed by atoms with Crippen LogP contribution in [0.25, 0.3) is 10.9 Å². The van der Waals surface area contributed by atoms with Gasteiger partial charge in [0.25, 0.3) is 5.91 Å². The maximum Gasteiger partial charge on any atom is 0.274 e. The van der Waals surface area contributed by atoms with Crippen LogP contribution in [-0.4, -0.2) is 16.0 Å². The number of phenolic OH excluding ortho intramolecular Hbond substituents is 1. The minimum Gasteiger partial charge on any atom is -0.508 e. The highest BCUT2D eigenvalue weighted by Gasteiger charge is 2.11. The van der Waals surface area contributed by atoms with Gasteiger partial charge in [0.15, 0.2) is 0 Å². The molecule has 4 N–H and O–H groups in total. The SMILES string of the molecule is Nc1cc(C(=O)Nc2cccc(O)c2)nc2ccccc12. The summed E-state index contributed by atoms with van der Waals surface area (Å²) in [7, 11) is 0. The third kappa shape index (κ3) is 2.62. The number of carbonyl (C=O) groups excluding carboxylic acids is 1. The molecule has 1 heterocycles. The van der Waals surface area contributed by atoms with Crippen LogP contribution in [0.1, 0.15) is 10.5 Å². The highest BCUT2D eigenvalue weighted by atomic mass is 16.3. The summed E-state index contributed by atoms with van der Waals surface area (Å²) in [5.74, 6) is -0.295. The molecule has 0 saturated heterocycles. The lowest BCUT2D eigenvalue weighted by Crippen LogP contribution is -2.14. The molecule has 5 nitrogen and oxygen atoms in total. The van der Waals surface area contributed by atoms with Crippen LogP contribution in [0.5, 0.6) is 5.75 Å². The van der Waals surface area contributed by atoms with E-state index in [1.165, 1.54) is 12.1 Å². The van der Waals surface area contributed by atoms with E-state index in [-0.39, 0.29) is 17.4 Å². The Kier molecular flexibility index (Phi) is 3.16. The van der Waals surface area contributed by atoms with Crippen molar-refractivity contribution in [3.8, 4) is 5.75 Å². The molecule has 2 aromatic carbocycles. The van der Waals surface area contributed by atoms with E-state index in [2.05, 4.69) is 10.3 Å². The van der Waals surface area contributed by atoms with Crippen molar-refractivity contribution in [2.24, 2.45) is 0 Å². The predicted molar refractivity (Wildman–Crippen MR) is 82.2 cm³/mol. The molecule has 3 aromatic rings. The number of phenols is 1. The number of carbonyl (C=O) groups is 1. The number of nitrogen functional groups attached to an aromatic ring is 1. The van der Waals surface area contributed by atoms with E-state index in [0.29, 0.717) is 16.9 Å². The van der Waals surface area contributed by atoms with Gasteiger partial charge in [0.2, 0.25) is 0 Å². The van der Waals surface area contributed by atoms with E-state index in [0.717, 1.165) is 5.39 Å². The van der Waals surface area contributed by atoms with Crippen LogP contribution >= 0.6 is 0 Å². The normalized spacial score (nSPS) is 10.5. The van der Waals surface area contributed by atoms with Crippen LogP contribution < -0.4 is 11.1 Å². The van der Waals surface area contributed by atoms with Crippen LogP contribution in [0.4, 0.5) is 11.4 Å². The molecule has 1 aromatic heterocycles. The summed E-state index contributed by atoms with van der Waals surface area (Å²) < 4.78 is 0.